The lowest BCUT2D eigenvalue weighted by Gasteiger charge is -2.10. The molecule has 0 unspecified atom stereocenters. The molecule has 0 heterocycles. The molecule has 0 aliphatic carbocycles. The number of hydrogen-bond donors (Lipinski definition) is 3. The van der Waals surface area contributed by atoms with Gasteiger partial charge in [-0.05, 0) is 29.8 Å². The Morgan fingerprint density at radius 1 is 1.11 bits per heavy atom. The van der Waals surface area contributed by atoms with Gasteiger partial charge in [0, 0.05) is 5.56 Å². The Hall–Kier alpha value is -1.91. The van der Waals surface area contributed by atoms with Gasteiger partial charge in [-0.3, -0.25) is 0 Å². The van der Waals surface area contributed by atoms with Gasteiger partial charge in [0.05, 0.1) is 0 Å². The van der Waals surface area contributed by atoms with Crippen LogP contribution in [-0.4, -0.2) is 16.8 Å². The van der Waals surface area contributed by atoms with Crippen molar-refractivity contribution in [1.82, 2.24) is 0 Å². The molecular weight excluding hydrogens is 245 g/mol. The van der Waals surface area contributed by atoms with Gasteiger partial charge in [0.15, 0.2) is 0 Å². The van der Waals surface area contributed by atoms with Crippen molar-refractivity contribution in [3.05, 3.63) is 65.5 Å². The average Bonchev–Trinajstić information content (AvgIpc) is 2.41. The van der Waals surface area contributed by atoms with Crippen molar-refractivity contribution in [2.24, 2.45) is 0 Å². The number of benzene rings is 2. The summed E-state index contributed by atoms with van der Waals surface area (Å²) in [5, 5.41) is 21.2. The molecule has 4 heteroatoms. The molecule has 3 nitrogen and oxygen atoms in total. The third-order valence-corrected chi connectivity index (χ3v) is 2.94. The lowest BCUT2D eigenvalue weighted by atomic mass is 10.1. The van der Waals surface area contributed by atoms with Crippen molar-refractivity contribution in [3.63, 3.8) is 0 Å². The van der Waals surface area contributed by atoms with Crippen molar-refractivity contribution in [2.75, 3.05) is 6.54 Å². The summed E-state index contributed by atoms with van der Waals surface area (Å²) in [6.07, 6.45) is -0.632. The smallest absolute Gasteiger partial charge is 0.128 e. The zero-order valence-corrected chi connectivity index (χ0v) is 10.5. The standard InChI is InChI=1S/C15H16FNO2/c16-13-6-4-11(5-7-13)9-17-10-15(19)12-2-1-3-14(18)8-12/h1-8,15,17-19H,9-10H2/p+1/t15-/m1/s1. The van der Waals surface area contributed by atoms with E-state index in [9.17, 15) is 14.6 Å². The van der Waals surface area contributed by atoms with E-state index in [1.54, 1.807) is 36.4 Å². The summed E-state index contributed by atoms with van der Waals surface area (Å²) in [6, 6.07) is 12.9. The minimum atomic E-state index is -0.632. The predicted octanol–water partition coefficient (Wildman–Crippen LogP) is 1.33. The van der Waals surface area contributed by atoms with E-state index in [4.69, 9.17) is 0 Å². The SMILES string of the molecule is Oc1cccc([C@H](O)C[NH2+]Cc2ccc(F)cc2)c1. The van der Waals surface area contributed by atoms with E-state index in [1.165, 1.54) is 12.1 Å². The number of nitrogens with two attached hydrogens (primary N) is 1. The number of phenols is 1. The molecule has 0 saturated carbocycles. The molecule has 0 saturated heterocycles. The van der Waals surface area contributed by atoms with Crippen LogP contribution in [0.5, 0.6) is 5.75 Å². The number of halogens is 1. The molecular formula is C15H17FNO2+. The van der Waals surface area contributed by atoms with Crippen molar-refractivity contribution in [2.45, 2.75) is 12.6 Å². The molecule has 0 fully saturated rings. The predicted molar refractivity (Wildman–Crippen MR) is 70.0 cm³/mol. The molecule has 19 heavy (non-hydrogen) atoms. The van der Waals surface area contributed by atoms with Crippen LogP contribution in [0.4, 0.5) is 4.39 Å². The van der Waals surface area contributed by atoms with E-state index in [1.807, 2.05) is 5.32 Å². The second-order valence-electron chi connectivity index (χ2n) is 4.47. The molecule has 1 atom stereocenters. The molecule has 0 spiro atoms. The van der Waals surface area contributed by atoms with Gasteiger partial charge >= 0.3 is 0 Å². The number of aromatic hydroxyl groups is 1. The van der Waals surface area contributed by atoms with E-state index < -0.39 is 6.10 Å². The van der Waals surface area contributed by atoms with Crippen molar-refractivity contribution >= 4 is 0 Å². The van der Waals surface area contributed by atoms with Gasteiger partial charge in [0.1, 0.15) is 30.8 Å². The summed E-state index contributed by atoms with van der Waals surface area (Å²) >= 11 is 0. The fraction of sp³-hybridized carbons (Fsp3) is 0.200. The first-order chi connectivity index (χ1) is 9.15. The Morgan fingerprint density at radius 2 is 1.84 bits per heavy atom. The summed E-state index contributed by atoms with van der Waals surface area (Å²) in [5.41, 5.74) is 1.69. The van der Waals surface area contributed by atoms with Gasteiger partial charge in [0.2, 0.25) is 0 Å². The van der Waals surface area contributed by atoms with Gasteiger partial charge in [-0.25, -0.2) is 4.39 Å². The topological polar surface area (TPSA) is 57.1 Å². The fourth-order valence-corrected chi connectivity index (χ4v) is 1.90. The van der Waals surface area contributed by atoms with E-state index in [2.05, 4.69) is 0 Å². The number of phenolic OH excluding ortho intramolecular Hbond substituents is 1. The van der Waals surface area contributed by atoms with Gasteiger partial charge in [0.25, 0.3) is 0 Å². The highest BCUT2D eigenvalue weighted by molar-refractivity contribution is 5.28. The summed E-state index contributed by atoms with van der Waals surface area (Å²) in [5.74, 6) is -0.0985. The monoisotopic (exact) mass is 262 g/mol. The Bertz CT molecular complexity index is 528. The largest absolute Gasteiger partial charge is 0.508 e. The number of quaternary nitrogens is 1. The van der Waals surface area contributed by atoms with Gasteiger partial charge in [-0.1, -0.05) is 24.3 Å². The molecule has 100 valence electrons. The highest BCUT2D eigenvalue weighted by Gasteiger charge is 2.09. The molecule has 0 aliphatic heterocycles. The van der Waals surface area contributed by atoms with E-state index in [0.717, 1.165) is 5.56 Å². The van der Waals surface area contributed by atoms with Gasteiger partial charge in [-0.15, -0.1) is 0 Å². The van der Waals surface area contributed by atoms with Crippen LogP contribution in [0.25, 0.3) is 0 Å². The number of aliphatic hydroxyl groups excluding tert-OH is 1. The molecule has 0 radical (unpaired) electrons. The van der Waals surface area contributed by atoms with E-state index in [0.29, 0.717) is 18.7 Å². The van der Waals surface area contributed by atoms with Crippen LogP contribution in [0, 0.1) is 5.82 Å². The zero-order valence-electron chi connectivity index (χ0n) is 10.5. The summed E-state index contributed by atoms with van der Waals surface area (Å²) in [7, 11) is 0. The second kappa shape index (κ2) is 6.31. The quantitative estimate of drug-likeness (QED) is 0.761. The van der Waals surface area contributed by atoms with Crippen molar-refractivity contribution < 1.29 is 19.9 Å². The maximum atomic E-state index is 12.7. The highest BCUT2D eigenvalue weighted by atomic mass is 19.1. The minimum Gasteiger partial charge on any atom is -0.508 e. The molecule has 2 aromatic rings. The maximum Gasteiger partial charge on any atom is 0.128 e. The Balaban J connectivity index is 1.84. The number of rotatable bonds is 5. The third kappa shape index (κ3) is 4.05. The first-order valence-electron chi connectivity index (χ1n) is 6.18. The van der Waals surface area contributed by atoms with Crippen LogP contribution < -0.4 is 5.32 Å². The van der Waals surface area contributed by atoms with E-state index >= 15 is 0 Å². The van der Waals surface area contributed by atoms with Crippen LogP contribution >= 0.6 is 0 Å². The normalized spacial score (nSPS) is 12.3. The molecule has 4 N–H and O–H groups in total. The zero-order chi connectivity index (χ0) is 13.7. The summed E-state index contributed by atoms with van der Waals surface area (Å²) < 4.78 is 12.7. The fourth-order valence-electron chi connectivity index (χ4n) is 1.90. The van der Waals surface area contributed by atoms with Crippen LogP contribution in [0.3, 0.4) is 0 Å². The third-order valence-electron chi connectivity index (χ3n) is 2.94. The average molecular weight is 262 g/mol. The Labute approximate surface area is 111 Å². The molecule has 0 amide bonds. The second-order valence-corrected chi connectivity index (χ2v) is 4.47. The van der Waals surface area contributed by atoms with Crippen LogP contribution in [0.15, 0.2) is 48.5 Å². The number of aliphatic hydroxyl groups is 1. The molecule has 0 bridgehead atoms. The van der Waals surface area contributed by atoms with E-state index in [-0.39, 0.29) is 11.6 Å². The molecule has 0 aliphatic rings. The van der Waals surface area contributed by atoms with Crippen LogP contribution in [0.1, 0.15) is 17.2 Å². The molecule has 2 aromatic carbocycles. The summed E-state index contributed by atoms with van der Waals surface area (Å²) in [4.78, 5) is 0. The Kier molecular flexibility index (Phi) is 4.49. The van der Waals surface area contributed by atoms with Crippen molar-refractivity contribution in [1.29, 1.82) is 0 Å². The number of hydrogen-bond acceptors (Lipinski definition) is 2. The molecule has 2 rings (SSSR count). The first kappa shape index (κ1) is 13.5. The van der Waals surface area contributed by atoms with Crippen LogP contribution in [-0.2, 0) is 6.54 Å². The van der Waals surface area contributed by atoms with Gasteiger partial charge in [-0.2, -0.15) is 0 Å². The highest BCUT2D eigenvalue weighted by Crippen LogP contribution is 2.16. The van der Waals surface area contributed by atoms with Crippen LogP contribution in [0.2, 0.25) is 0 Å². The lowest BCUT2D eigenvalue weighted by molar-refractivity contribution is -0.677. The molecule has 0 aromatic heterocycles. The minimum absolute atomic E-state index is 0.148. The Morgan fingerprint density at radius 3 is 2.53 bits per heavy atom. The van der Waals surface area contributed by atoms with Crippen molar-refractivity contribution in [3.8, 4) is 5.75 Å². The maximum absolute atomic E-state index is 12.7. The summed E-state index contributed by atoms with van der Waals surface area (Å²) in [6.45, 7) is 1.16. The van der Waals surface area contributed by atoms with Gasteiger partial charge < -0.3 is 15.5 Å². The lowest BCUT2D eigenvalue weighted by Crippen LogP contribution is -2.83. The first-order valence-corrected chi connectivity index (χ1v) is 6.18.